The van der Waals surface area contributed by atoms with Gasteiger partial charge in [0.1, 0.15) is 0 Å². The average molecular weight is 205 g/mol. The summed E-state index contributed by atoms with van der Waals surface area (Å²) in [5.41, 5.74) is 0. The van der Waals surface area contributed by atoms with Crippen molar-refractivity contribution in [1.29, 1.82) is 0 Å². The lowest BCUT2D eigenvalue weighted by atomic mass is 10.2. The molecule has 1 heterocycles. The van der Waals surface area contributed by atoms with Crippen LogP contribution in [0.4, 0.5) is 0 Å². The normalized spacial score (nSPS) is 26.2. The topological polar surface area (TPSA) is 38.3 Å². The maximum absolute atomic E-state index is 11.6. The zero-order chi connectivity index (χ0) is 9.90. The lowest BCUT2D eigenvalue weighted by molar-refractivity contribution is 0.114. The third kappa shape index (κ3) is 3.75. The third-order valence-corrected chi connectivity index (χ3v) is 3.56. The molecule has 0 spiro atoms. The Labute approximate surface area is 82.8 Å². The molecule has 0 aromatic heterocycles. The molecule has 1 saturated heterocycles. The summed E-state index contributed by atoms with van der Waals surface area (Å²) in [6.07, 6.45) is 2.49. The lowest BCUT2D eigenvalue weighted by Gasteiger charge is -2.19. The van der Waals surface area contributed by atoms with Crippen molar-refractivity contribution in [1.82, 2.24) is 4.72 Å². The fourth-order valence-electron chi connectivity index (χ4n) is 1.19. The number of rotatable bonds is 3. The molecule has 0 aliphatic carbocycles. The molecule has 0 aromatic carbocycles. The Balaban J connectivity index is 2.22. The molecule has 2 unspecified atom stereocenters. The molecule has 1 rings (SSSR count). The van der Waals surface area contributed by atoms with Crippen molar-refractivity contribution in [3.8, 4) is 0 Å². The standard InChI is InChI=1S/C9H19NO2S/c1-9(2,3)13(11)10-7-8-5-4-6-12-8/h8,10H,4-7H2,1-3H3. The Morgan fingerprint density at radius 3 is 2.69 bits per heavy atom. The van der Waals surface area contributed by atoms with E-state index in [0.717, 1.165) is 19.4 Å². The van der Waals surface area contributed by atoms with Crippen LogP contribution in [0.3, 0.4) is 0 Å². The van der Waals surface area contributed by atoms with Gasteiger partial charge in [-0.05, 0) is 33.6 Å². The minimum atomic E-state index is -0.963. The molecule has 4 heteroatoms. The van der Waals surface area contributed by atoms with Crippen LogP contribution in [-0.4, -0.2) is 28.2 Å². The first kappa shape index (κ1) is 11.1. The molecule has 0 aromatic rings. The van der Waals surface area contributed by atoms with Crippen LogP contribution in [0, 0.1) is 0 Å². The summed E-state index contributed by atoms with van der Waals surface area (Å²) in [6, 6.07) is 0. The zero-order valence-corrected chi connectivity index (χ0v) is 9.45. The van der Waals surface area contributed by atoms with E-state index in [-0.39, 0.29) is 10.9 Å². The van der Waals surface area contributed by atoms with Gasteiger partial charge in [0.25, 0.3) is 0 Å². The summed E-state index contributed by atoms with van der Waals surface area (Å²) < 4.78 is 19.8. The summed E-state index contributed by atoms with van der Waals surface area (Å²) in [5, 5.41) is 0. The van der Waals surface area contributed by atoms with E-state index in [1.165, 1.54) is 0 Å². The van der Waals surface area contributed by atoms with Crippen molar-refractivity contribution in [2.45, 2.75) is 44.5 Å². The van der Waals surface area contributed by atoms with Gasteiger partial charge >= 0.3 is 0 Å². The van der Waals surface area contributed by atoms with Crippen molar-refractivity contribution < 1.29 is 8.95 Å². The summed E-state index contributed by atoms with van der Waals surface area (Å²) in [6.45, 7) is 7.46. The van der Waals surface area contributed by atoms with Crippen molar-refractivity contribution in [3.63, 3.8) is 0 Å². The first-order chi connectivity index (χ1) is 6.00. The van der Waals surface area contributed by atoms with Crippen LogP contribution in [0.1, 0.15) is 33.6 Å². The molecular formula is C9H19NO2S. The van der Waals surface area contributed by atoms with Crippen LogP contribution >= 0.6 is 0 Å². The predicted molar refractivity (Wildman–Crippen MR) is 54.9 cm³/mol. The minimum absolute atomic E-state index is 0.182. The van der Waals surface area contributed by atoms with Gasteiger partial charge in [0.15, 0.2) is 0 Å². The van der Waals surface area contributed by atoms with E-state index in [1.54, 1.807) is 0 Å². The molecule has 78 valence electrons. The highest BCUT2D eigenvalue weighted by molar-refractivity contribution is 7.84. The maximum Gasteiger partial charge on any atom is 0.0971 e. The molecule has 3 nitrogen and oxygen atoms in total. The second kappa shape index (κ2) is 4.53. The number of ether oxygens (including phenoxy) is 1. The summed E-state index contributed by atoms with van der Waals surface area (Å²) >= 11 is 0. The molecule has 13 heavy (non-hydrogen) atoms. The van der Waals surface area contributed by atoms with Crippen molar-refractivity contribution in [2.24, 2.45) is 0 Å². The van der Waals surface area contributed by atoms with Crippen LogP contribution < -0.4 is 4.72 Å². The third-order valence-electron chi connectivity index (χ3n) is 2.02. The Morgan fingerprint density at radius 2 is 2.23 bits per heavy atom. The molecule has 1 aliphatic heterocycles. The van der Waals surface area contributed by atoms with Gasteiger partial charge < -0.3 is 4.74 Å². The van der Waals surface area contributed by atoms with Gasteiger partial charge in [-0.15, -0.1) is 0 Å². The van der Waals surface area contributed by atoms with Crippen LogP contribution in [0.5, 0.6) is 0 Å². The van der Waals surface area contributed by atoms with Crippen molar-refractivity contribution in [3.05, 3.63) is 0 Å². The number of nitrogens with one attached hydrogen (secondary N) is 1. The average Bonchev–Trinajstić information content (AvgIpc) is 2.50. The smallest absolute Gasteiger partial charge is 0.0971 e. The van der Waals surface area contributed by atoms with E-state index >= 15 is 0 Å². The Hall–Kier alpha value is 0.0700. The van der Waals surface area contributed by atoms with Gasteiger partial charge in [-0.2, -0.15) is 0 Å². The van der Waals surface area contributed by atoms with E-state index in [2.05, 4.69) is 4.72 Å². The Morgan fingerprint density at radius 1 is 1.54 bits per heavy atom. The molecule has 0 saturated carbocycles. The summed E-state index contributed by atoms with van der Waals surface area (Å²) in [5.74, 6) is 0. The molecule has 1 N–H and O–H groups in total. The summed E-state index contributed by atoms with van der Waals surface area (Å²) in [7, 11) is -0.963. The van der Waals surface area contributed by atoms with Crippen molar-refractivity contribution in [2.75, 3.05) is 13.2 Å². The second-order valence-electron chi connectivity index (χ2n) is 4.36. The monoisotopic (exact) mass is 205 g/mol. The van der Waals surface area contributed by atoms with Crippen LogP contribution in [0.25, 0.3) is 0 Å². The van der Waals surface area contributed by atoms with E-state index in [4.69, 9.17) is 4.74 Å². The highest BCUT2D eigenvalue weighted by Gasteiger charge is 2.22. The highest BCUT2D eigenvalue weighted by atomic mass is 32.2. The first-order valence-corrected chi connectivity index (χ1v) is 5.92. The van der Waals surface area contributed by atoms with Gasteiger partial charge in [0.2, 0.25) is 0 Å². The van der Waals surface area contributed by atoms with E-state index in [0.29, 0.717) is 6.54 Å². The van der Waals surface area contributed by atoms with Crippen LogP contribution in [0.15, 0.2) is 0 Å². The quantitative estimate of drug-likeness (QED) is 0.752. The van der Waals surface area contributed by atoms with E-state index in [9.17, 15) is 4.21 Å². The molecule has 0 radical (unpaired) electrons. The molecular weight excluding hydrogens is 186 g/mol. The largest absolute Gasteiger partial charge is 0.377 e. The van der Waals surface area contributed by atoms with Gasteiger partial charge in [-0.3, -0.25) is 0 Å². The summed E-state index contributed by atoms with van der Waals surface area (Å²) in [4.78, 5) is 0. The zero-order valence-electron chi connectivity index (χ0n) is 8.63. The lowest BCUT2D eigenvalue weighted by Crippen LogP contribution is -2.37. The van der Waals surface area contributed by atoms with Gasteiger partial charge in [0.05, 0.1) is 21.8 Å². The van der Waals surface area contributed by atoms with Crippen LogP contribution in [-0.2, 0) is 15.7 Å². The SMILES string of the molecule is CC(C)(C)S(=O)NCC1CCCO1. The molecule has 2 atom stereocenters. The molecule has 1 fully saturated rings. The van der Waals surface area contributed by atoms with Crippen LogP contribution in [0.2, 0.25) is 0 Å². The van der Waals surface area contributed by atoms with Gasteiger partial charge in [0, 0.05) is 13.2 Å². The molecule has 0 amide bonds. The van der Waals surface area contributed by atoms with E-state index < -0.39 is 11.0 Å². The second-order valence-corrected chi connectivity index (χ2v) is 6.42. The minimum Gasteiger partial charge on any atom is -0.377 e. The Bertz CT molecular complexity index is 183. The predicted octanol–water partition coefficient (Wildman–Crippen LogP) is 1.22. The highest BCUT2D eigenvalue weighted by Crippen LogP contribution is 2.13. The fourth-order valence-corrected chi connectivity index (χ4v) is 1.96. The Kier molecular flexibility index (Phi) is 3.88. The number of hydrogen-bond donors (Lipinski definition) is 1. The fraction of sp³-hybridized carbons (Fsp3) is 1.00. The van der Waals surface area contributed by atoms with E-state index in [1.807, 2.05) is 20.8 Å². The van der Waals surface area contributed by atoms with Gasteiger partial charge in [-0.1, -0.05) is 0 Å². The maximum atomic E-state index is 11.6. The van der Waals surface area contributed by atoms with Crippen molar-refractivity contribution >= 4 is 11.0 Å². The molecule has 0 bridgehead atoms. The number of hydrogen-bond acceptors (Lipinski definition) is 2. The van der Waals surface area contributed by atoms with Gasteiger partial charge in [-0.25, -0.2) is 8.93 Å². The first-order valence-electron chi connectivity index (χ1n) is 4.77. The molecule has 1 aliphatic rings.